The predicted octanol–water partition coefficient (Wildman–Crippen LogP) is 1.91. The van der Waals surface area contributed by atoms with Crippen molar-refractivity contribution in [1.29, 1.82) is 0 Å². The lowest BCUT2D eigenvalue weighted by molar-refractivity contribution is -0.120. The Morgan fingerprint density at radius 2 is 2.06 bits per heavy atom. The van der Waals surface area contributed by atoms with Crippen molar-refractivity contribution in [2.45, 2.75) is 39.0 Å². The van der Waals surface area contributed by atoms with Crippen molar-refractivity contribution in [2.24, 2.45) is 0 Å². The summed E-state index contributed by atoms with van der Waals surface area (Å²) >= 11 is 0. The topological polar surface area (TPSA) is 110 Å². The summed E-state index contributed by atoms with van der Waals surface area (Å²) < 4.78 is 7.40. The van der Waals surface area contributed by atoms with E-state index >= 15 is 0 Å². The highest BCUT2D eigenvalue weighted by molar-refractivity contribution is 6.02. The van der Waals surface area contributed by atoms with E-state index in [4.69, 9.17) is 4.74 Å². The lowest BCUT2D eigenvalue weighted by atomic mass is 10.1. The maximum absolute atomic E-state index is 13.1. The molecule has 4 rings (SSSR count). The second-order valence-corrected chi connectivity index (χ2v) is 8.92. The van der Waals surface area contributed by atoms with Crippen LogP contribution in [0.3, 0.4) is 0 Å². The number of rotatable bonds is 4. The zero-order chi connectivity index (χ0) is 25.2. The molecule has 0 saturated heterocycles. The standard InChI is InChI=1S/C26H27N5O4/c1-17-7-5-6-8-19(17)14-31-16-27-23(29-31)24(32)28-20-15-35-22-10-9-18(11-12-26(2,3)34)13-21(22)30(4)25(20)33/h5-10,13,16,20,34H,14-15H2,1-4H3,(H,28,32)/t20-/m1/s1. The highest BCUT2D eigenvalue weighted by Gasteiger charge is 2.31. The van der Waals surface area contributed by atoms with Gasteiger partial charge >= 0.3 is 0 Å². The Morgan fingerprint density at radius 1 is 1.29 bits per heavy atom. The third-order valence-electron chi connectivity index (χ3n) is 5.51. The SMILES string of the molecule is Cc1ccccc1Cn1cnc(C(=O)N[C@@H]2COc3ccc(C#CC(C)(C)O)cc3N(C)C2=O)n1. The van der Waals surface area contributed by atoms with Crippen LogP contribution in [0, 0.1) is 18.8 Å². The van der Waals surface area contributed by atoms with E-state index in [-0.39, 0.29) is 18.3 Å². The second kappa shape index (κ2) is 9.60. The summed E-state index contributed by atoms with van der Waals surface area (Å²) in [6, 6.07) is 12.2. The number of nitrogens with one attached hydrogen (secondary N) is 1. The Labute approximate surface area is 203 Å². The first-order valence-electron chi connectivity index (χ1n) is 11.2. The number of anilines is 1. The van der Waals surface area contributed by atoms with Gasteiger partial charge in [-0.05, 0) is 50.1 Å². The van der Waals surface area contributed by atoms with Crippen molar-refractivity contribution in [1.82, 2.24) is 20.1 Å². The first kappa shape index (κ1) is 24.0. The lowest BCUT2D eigenvalue weighted by Crippen LogP contribution is -2.49. The minimum atomic E-state index is -1.14. The number of amides is 2. The monoisotopic (exact) mass is 473 g/mol. The second-order valence-electron chi connectivity index (χ2n) is 8.92. The molecular weight excluding hydrogens is 446 g/mol. The number of ether oxygens (including phenoxy) is 1. The van der Waals surface area contributed by atoms with Crippen LogP contribution in [0.2, 0.25) is 0 Å². The molecule has 2 amide bonds. The van der Waals surface area contributed by atoms with Crippen LogP contribution < -0.4 is 15.0 Å². The quantitative estimate of drug-likeness (QED) is 0.561. The summed E-state index contributed by atoms with van der Waals surface area (Å²) in [5.74, 6) is 5.20. The minimum Gasteiger partial charge on any atom is -0.489 e. The molecule has 0 fully saturated rings. The highest BCUT2D eigenvalue weighted by atomic mass is 16.5. The molecule has 1 aromatic heterocycles. The van der Waals surface area contributed by atoms with Crippen molar-refractivity contribution in [3.05, 3.63) is 71.3 Å². The van der Waals surface area contributed by atoms with Gasteiger partial charge in [0.2, 0.25) is 5.82 Å². The molecule has 3 aromatic rings. The van der Waals surface area contributed by atoms with Crippen LogP contribution in [0.15, 0.2) is 48.8 Å². The summed E-state index contributed by atoms with van der Waals surface area (Å²) in [5.41, 5.74) is 2.20. The number of carbonyl (C=O) groups excluding carboxylic acids is 2. The minimum absolute atomic E-state index is 0.0278. The molecule has 1 aliphatic rings. The molecule has 0 aliphatic carbocycles. The summed E-state index contributed by atoms with van der Waals surface area (Å²) in [5, 5.41) is 16.8. The van der Waals surface area contributed by atoms with Crippen LogP contribution in [0.5, 0.6) is 5.75 Å². The average Bonchev–Trinajstić information content (AvgIpc) is 3.25. The third-order valence-corrected chi connectivity index (χ3v) is 5.51. The largest absolute Gasteiger partial charge is 0.489 e. The Balaban J connectivity index is 1.46. The molecule has 1 aliphatic heterocycles. The van der Waals surface area contributed by atoms with Gasteiger partial charge in [-0.2, -0.15) is 0 Å². The molecule has 0 radical (unpaired) electrons. The van der Waals surface area contributed by atoms with Crippen molar-refractivity contribution in [3.8, 4) is 17.6 Å². The fourth-order valence-corrected chi connectivity index (χ4v) is 3.56. The van der Waals surface area contributed by atoms with Crippen molar-refractivity contribution in [2.75, 3.05) is 18.6 Å². The molecule has 9 heteroatoms. The number of nitrogens with zero attached hydrogens (tertiary/aromatic N) is 4. The maximum Gasteiger partial charge on any atom is 0.291 e. The molecule has 35 heavy (non-hydrogen) atoms. The van der Waals surface area contributed by atoms with Gasteiger partial charge in [-0.3, -0.25) is 9.59 Å². The molecule has 0 spiro atoms. The first-order valence-corrected chi connectivity index (χ1v) is 11.2. The van der Waals surface area contributed by atoms with E-state index in [9.17, 15) is 14.7 Å². The van der Waals surface area contributed by atoms with Gasteiger partial charge in [0.25, 0.3) is 11.8 Å². The molecule has 9 nitrogen and oxygen atoms in total. The molecule has 2 N–H and O–H groups in total. The zero-order valence-electron chi connectivity index (χ0n) is 20.1. The van der Waals surface area contributed by atoms with Crippen LogP contribution in [-0.4, -0.2) is 57.0 Å². The van der Waals surface area contributed by atoms with Crippen molar-refractivity contribution < 1.29 is 19.4 Å². The third kappa shape index (κ3) is 5.67. The molecule has 0 saturated carbocycles. The molecule has 2 aromatic carbocycles. The molecule has 2 heterocycles. The van der Waals surface area contributed by atoms with Crippen molar-refractivity contribution in [3.63, 3.8) is 0 Å². The van der Waals surface area contributed by atoms with Crippen LogP contribution >= 0.6 is 0 Å². The normalized spacial score (nSPS) is 15.4. The molecule has 0 bridgehead atoms. The van der Waals surface area contributed by atoms with Gasteiger partial charge in [0.1, 0.15) is 30.3 Å². The van der Waals surface area contributed by atoms with Gasteiger partial charge in [0.05, 0.1) is 12.2 Å². The zero-order valence-corrected chi connectivity index (χ0v) is 20.1. The van der Waals surface area contributed by atoms with E-state index in [0.717, 1.165) is 11.1 Å². The Morgan fingerprint density at radius 3 is 2.80 bits per heavy atom. The highest BCUT2D eigenvalue weighted by Crippen LogP contribution is 2.31. The van der Waals surface area contributed by atoms with Gasteiger partial charge in [-0.25, -0.2) is 9.67 Å². The average molecular weight is 474 g/mol. The van der Waals surface area contributed by atoms with Gasteiger partial charge in [-0.1, -0.05) is 36.1 Å². The summed E-state index contributed by atoms with van der Waals surface area (Å²) in [6.07, 6.45) is 1.49. The van der Waals surface area contributed by atoms with E-state index < -0.39 is 17.6 Å². The smallest absolute Gasteiger partial charge is 0.291 e. The number of benzene rings is 2. The number of aryl methyl sites for hydroxylation is 1. The van der Waals surface area contributed by atoms with E-state index in [0.29, 0.717) is 23.5 Å². The molecule has 180 valence electrons. The predicted molar refractivity (Wildman–Crippen MR) is 130 cm³/mol. The van der Waals surface area contributed by atoms with E-state index in [1.165, 1.54) is 11.2 Å². The Hall–Kier alpha value is -4.16. The summed E-state index contributed by atoms with van der Waals surface area (Å²) in [6.45, 7) is 5.64. The number of likely N-dealkylation sites (N-methyl/N-ethyl adjacent to an activating group) is 1. The number of hydrogen-bond acceptors (Lipinski definition) is 6. The number of aromatic nitrogens is 3. The molecule has 0 unspecified atom stereocenters. The Bertz CT molecular complexity index is 1330. The lowest BCUT2D eigenvalue weighted by Gasteiger charge is -2.20. The van der Waals surface area contributed by atoms with Crippen molar-refractivity contribution >= 4 is 17.5 Å². The van der Waals surface area contributed by atoms with E-state index in [1.54, 1.807) is 43.8 Å². The number of carbonyl (C=O) groups is 2. The van der Waals surface area contributed by atoms with Crippen LogP contribution in [0.1, 0.15) is 41.2 Å². The summed E-state index contributed by atoms with van der Waals surface area (Å²) in [4.78, 5) is 31.4. The summed E-state index contributed by atoms with van der Waals surface area (Å²) in [7, 11) is 1.61. The van der Waals surface area contributed by atoms with Gasteiger partial charge in [0, 0.05) is 12.6 Å². The fraction of sp³-hybridized carbons (Fsp3) is 0.308. The molecule has 1 atom stereocenters. The number of hydrogen-bond donors (Lipinski definition) is 2. The van der Waals surface area contributed by atoms with Crippen LogP contribution in [0.4, 0.5) is 5.69 Å². The van der Waals surface area contributed by atoms with E-state index in [2.05, 4.69) is 27.2 Å². The van der Waals surface area contributed by atoms with Crippen LogP contribution in [-0.2, 0) is 11.3 Å². The van der Waals surface area contributed by atoms with E-state index in [1.807, 2.05) is 31.2 Å². The number of fused-ring (bicyclic) bond motifs is 1. The fourth-order valence-electron chi connectivity index (χ4n) is 3.56. The maximum atomic E-state index is 13.1. The Kier molecular flexibility index (Phi) is 6.58. The van der Waals surface area contributed by atoms with Crippen LogP contribution in [0.25, 0.3) is 0 Å². The first-order chi connectivity index (χ1) is 16.6. The van der Waals surface area contributed by atoms with Gasteiger partial charge in [0.15, 0.2) is 0 Å². The van der Waals surface area contributed by atoms with Gasteiger partial charge < -0.3 is 20.1 Å². The number of aliphatic hydroxyl groups is 1. The van der Waals surface area contributed by atoms with Gasteiger partial charge in [-0.15, -0.1) is 5.10 Å². The molecular formula is C26H27N5O4.